The Balaban J connectivity index is 3.71. The topological polar surface area (TPSA) is 52.6 Å². The van der Waals surface area contributed by atoms with Crippen molar-refractivity contribution in [2.75, 3.05) is 23.9 Å². The second-order valence-electron chi connectivity index (χ2n) is 2.61. The molecule has 0 radical (unpaired) electrons. The van der Waals surface area contributed by atoms with Crippen LogP contribution < -0.4 is 0 Å². The highest BCUT2D eigenvalue weighted by Gasteiger charge is 1.99. The van der Waals surface area contributed by atoms with E-state index in [1.807, 2.05) is 0 Å². The molecule has 0 spiro atoms. The molecule has 0 saturated heterocycles. The molecule has 0 heterocycles. The standard InChI is InChI=1S/C10H12Br2O4/c11-5-1-7-15-9(13)3-4-10(14)16-8-2-6-12/h1-2,5-8H2. The lowest BCUT2D eigenvalue weighted by Gasteiger charge is -1.97. The molecule has 4 nitrogen and oxygen atoms in total. The van der Waals surface area contributed by atoms with E-state index >= 15 is 0 Å². The summed E-state index contributed by atoms with van der Waals surface area (Å²) in [5, 5.41) is 1.50. The summed E-state index contributed by atoms with van der Waals surface area (Å²) >= 11 is 6.38. The number of esters is 2. The van der Waals surface area contributed by atoms with Gasteiger partial charge in [-0.05, 0) is 12.8 Å². The fourth-order valence-electron chi connectivity index (χ4n) is 0.613. The second kappa shape index (κ2) is 11.0. The maximum atomic E-state index is 10.9. The molecule has 16 heavy (non-hydrogen) atoms. The van der Waals surface area contributed by atoms with Gasteiger partial charge in [0.15, 0.2) is 0 Å². The van der Waals surface area contributed by atoms with E-state index in [0.717, 1.165) is 10.7 Å². The van der Waals surface area contributed by atoms with Crippen LogP contribution >= 0.6 is 31.9 Å². The Morgan fingerprint density at radius 1 is 0.875 bits per heavy atom. The van der Waals surface area contributed by atoms with E-state index in [2.05, 4.69) is 43.7 Å². The van der Waals surface area contributed by atoms with Crippen LogP contribution in [0.4, 0.5) is 0 Å². The van der Waals surface area contributed by atoms with Crippen LogP contribution in [0, 0.1) is 11.8 Å². The third-order valence-electron chi connectivity index (χ3n) is 1.29. The highest BCUT2D eigenvalue weighted by Crippen LogP contribution is 1.90. The molecule has 0 saturated carbocycles. The van der Waals surface area contributed by atoms with Crippen molar-refractivity contribution in [1.29, 1.82) is 0 Å². The van der Waals surface area contributed by atoms with Crippen molar-refractivity contribution in [2.24, 2.45) is 0 Å². The molecule has 0 aromatic heterocycles. The molecule has 0 aliphatic heterocycles. The van der Waals surface area contributed by atoms with E-state index in [9.17, 15) is 9.59 Å². The molecule has 0 atom stereocenters. The van der Waals surface area contributed by atoms with Crippen molar-refractivity contribution in [1.82, 2.24) is 0 Å². The summed E-state index contributed by atoms with van der Waals surface area (Å²) in [6.45, 7) is 0.578. The molecule has 0 aliphatic carbocycles. The quantitative estimate of drug-likeness (QED) is 0.239. The third kappa shape index (κ3) is 9.99. The number of halogens is 2. The molecule has 0 aromatic carbocycles. The highest BCUT2D eigenvalue weighted by atomic mass is 79.9. The van der Waals surface area contributed by atoms with Crippen molar-refractivity contribution >= 4 is 43.8 Å². The summed E-state index contributed by atoms with van der Waals surface area (Å²) in [5.74, 6) is 2.69. The number of hydrogen-bond acceptors (Lipinski definition) is 4. The minimum Gasteiger partial charge on any atom is -0.456 e. The fraction of sp³-hybridized carbons (Fsp3) is 0.600. The Morgan fingerprint density at radius 3 is 1.56 bits per heavy atom. The predicted molar refractivity (Wildman–Crippen MR) is 66.5 cm³/mol. The summed E-state index contributed by atoms with van der Waals surface area (Å²) < 4.78 is 9.40. The van der Waals surface area contributed by atoms with Gasteiger partial charge < -0.3 is 9.47 Å². The van der Waals surface area contributed by atoms with Gasteiger partial charge in [0.2, 0.25) is 0 Å². The van der Waals surface area contributed by atoms with Crippen LogP contribution in [0.15, 0.2) is 0 Å². The first kappa shape index (κ1) is 15.5. The van der Waals surface area contributed by atoms with Crippen LogP contribution in [0.1, 0.15) is 12.8 Å². The summed E-state index contributed by atoms with van der Waals surface area (Å²) in [6, 6.07) is 0. The van der Waals surface area contributed by atoms with Crippen LogP contribution in [0.25, 0.3) is 0 Å². The van der Waals surface area contributed by atoms with E-state index in [1.165, 1.54) is 0 Å². The van der Waals surface area contributed by atoms with Gasteiger partial charge in [0.05, 0.1) is 13.2 Å². The van der Waals surface area contributed by atoms with Gasteiger partial charge >= 0.3 is 11.9 Å². The van der Waals surface area contributed by atoms with Crippen molar-refractivity contribution in [3.8, 4) is 11.8 Å². The maximum absolute atomic E-state index is 10.9. The zero-order valence-corrected chi connectivity index (χ0v) is 11.8. The summed E-state index contributed by atoms with van der Waals surface area (Å²) in [6.07, 6.45) is 1.42. The maximum Gasteiger partial charge on any atom is 0.384 e. The first-order chi connectivity index (χ1) is 7.70. The average molecular weight is 356 g/mol. The Kier molecular flexibility index (Phi) is 10.6. The third-order valence-corrected chi connectivity index (χ3v) is 2.41. The van der Waals surface area contributed by atoms with E-state index in [1.54, 1.807) is 0 Å². The lowest BCUT2D eigenvalue weighted by Crippen LogP contribution is -2.06. The van der Waals surface area contributed by atoms with Gasteiger partial charge in [-0.3, -0.25) is 0 Å². The number of rotatable bonds is 6. The molecule has 0 bridgehead atoms. The molecule has 0 amide bonds. The number of hydrogen-bond donors (Lipinski definition) is 0. The van der Waals surface area contributed by atoms with Crippen molar-refractivity contribution in [2.45, 2.75) is 12.8 Å². The lowest BCUT2D eigenvalue weighted by molar-refractivity contribution is -0.138. The predicted octanol–water partition coefficient (Wildman–Crippen LogP) is 1.65. The summed E-state index contributed by atoms with van der Waals surface area (Å²) in [5.41, 5.74) is 0. The van der Waals surface area contributed by atoms with Crippen molar-refractivity contribution < 1.29 is 19.1 Å². The normalized spacial score (nSPS) is 8.88. The minimum atomic E-state index is -0.710. The van der Waals surface area contributed by atoms with Gasteiger partial charge in [0, 0.05) is 22.5 Å². The first-order valence-corrected chi connectivity index (χ1v) is 6.92. The molecule has 0 fully saturated rings. The van der Waals surface area contributed by atoms with Crippen LogP contribution in [0.3, 0.4) is 0 Å². The number of carbonyl (C=O) groups is 2. The SMILES string of the molecule is O=C(C#CC(=O)OCCCBr)OCCCBr. The molecular weight excluding hydrogens is 344 g/mol. The number of ether oxygens (including phenoxy) is 2. The smallest absolute Gasteiger partial charge is 0.384 e. The lowest BCUT2D eigenvalue weighted by atomic mass is 10.5. The van der Waals surface area contributed by atoms with Crippen molar-refractivity contribution in [3.63, 3.8) is 0 Å². The van der Waals surface area contributed by atoms with Crippen LogP contribution in [0.2, 0.25) is 0 Å². The molecule has 0 rings (SSSR count). The van der Waals surface area contributed by atoms with E-state index < -0.39 is 11.9 Å². The van der Waals surface area contributed by atoms with Gasteiger partial charge in [-0.1, -0.05) is 31.9 Å². The van der Waals surface area contributed by atoms with Gasteiger partial charge in [-0.25, -0.2) is 9.59 Å². The molecule has 6 heteroatoms. The molecule has 0 N–H and O–H groups in total. The van der Waals surface area contributed by atoms with Crippen LogP contribution in [-0.2, 0) is 19.1 Å². The van der Waals surface area contributed by atoms with Crippen LogP contribution in [-0.4, -0.2) is 35.8 Å². The van der Waals surface area contributed by atoms with E-state index in [-0.39, 0.29) is 13.2 Å². The second-order valence-corrected chi connectivity index (χ2v) is 4.19. The molecule has 90 valence electrons. The monoisotopic (exact) mass is 354 g/mol. The largest absolute Gasteiger partial charge is 0.456 e. The zero-order chi connectivity index (χ0) is 12.2. The van der Waals surface area contributed by atoms with E-state index in [4.69, 9.17) is 9.47 Å². The highest BCUT2D eigenvalue weighted by molar-refractivity contribution is 9.09. The summed E-state index contributed by atoms with van der Waals surface area (Å²) in [7, 11) is 0. The van der Waals surface area contributed by atoms with Gasteiger partial charge in [-0.15, -0.1) is 0 Å². The summed E-state index contributed by atoms with van der Waals surface area (Å²) in [4.78, 5) is 21.9. The van der Waals surface area contributed by atoms with Crippen molar-refractivity contribution in [3.05, 3.63) is 0 Å². The van der Waals surface area contributed by atoms with Gasteiger partial charge in [-0.2, -0.15) is 0 Å². The molecular formula is C10H12Br2O4. The number of alkyl halides is 2. The first-order valence-electron chi connectivity index (χ1n) is 4.68. The van der Waals surface area contributed by atoms with Gasteiger partial charge in [0.25, 0.3) is 0 Å². The average Bonchev–Trinajstić information content (AvgIpc) is 2.27. The van der Waals surface area contributed by atoms with Crippen LogP contribution in [0.5, 0.6) is 0 Å². The Labute approximate surface area is 111 Å². The zero-order valence-electron chi connectivity index (χ0n) is 8.63. The Morgan fingerprint density at radius 2 is 1.25 bits per heavy atom. The minimum absolute atomic E-state index is 0.289. The van der Waals surface area contributed by atoms with Gasteiger partial charge in [0.1, 0.15) is 0 Å². The molecule has 0 aliphatic rings. The molecule has 0 aromatic rings. The molecule has 0 unspecified atom stereocenters. The Bertz CT molecular complexity index is 254. The number of carbonyl (C=O) groups excluding carboxylic acids is 2. The fourth-order valence-corrected chi connectivity index (χ4v) is 1.07. The van der Waals surface area contributed by atoms with E-state index in [0.29, 0.717) is 12.8 Å². The Hall–Kier alpha value is -0.540.